The van der Waals surface area contributed by atoms with E-state index in [9.17, 15) is 14.7 Å². The van der Waals surface area contributed by atoms with E-state index in [0.29, 0.717) is 11.4 Å². The molecule has 0 aromatic heterocycles. The first-order valence-corrected chi connectivity index (χ1v) is 9.68. The third-order valence-corrected chi connectivity index (χ3v) is 4.52. The molecule has 0 bridgehead atoms. The van der Waals surface area contributed by atoms with Gasteiger partial charge < -0.3 is 15.2 Å². The number of phenolic OH excluding ortho intramolecular Hbond substituents is 1. The Labute approximate surface area is 180 Å². The second-order valence-corrected chi connectivity index (χ2v) is 7.13. The van der Waals surface area contributed by atoms with Gasteiger partial charge in [0.15, 0.2) is 6.61 Å². The summed E-state index contributed by atoms with van der Waals surface area (Å²) in [6.07, 6.45) is 0. The molecule has 31 heavy (non-hydrogen) atoms. The smallest absolute Gasteiger partial charge is 0.340 e. The van der Waals surface area contributed by atoms with Crippen molar-refractivity contribution in [1.29, 1.82) is 0 Å². The third kappa shape index (κ3) is 5.76. The summed E-state index contributed by atoms with van der Waals surface area (Å²) in [6.45, 7) is 5.40. The van der Waals surface area contributed by atoms with E-state index in [1.165, 1.54) is 12.1 Å². The van der Waals surface area contributed by atoms with Crippen LogP contribution >= 0.6 is 0 Å². The van der Waals surface area contributed by atoms with Crippen LogP contribution in [0.25, 0.3) is 0 Å². The van der Waals surface area contributed by atoms with E-state index in [-0.39, 0.29) is 11.3 Å². The van der Waals surface area contributed by atoms with Gasteiger partial charge in [-0.05, 0) is 68.3 Å². The lowest BCUT2D eigenvalue weighted by Crippen LogP contribution is -2.22. The summed E-state index contributed by atoms with van der Waals surface area (Å²) in [6, 6.07) is 16.7. The summed E-state index contributed by atoms with van der Waals surface area (Å²) in [7, 11) is 0. The molecule has 158 valence electrons. The molecule has 2 N–H and O–H groups in total. The largest absolute Gasteiger partial charge is 0.508 e. The summed E-state index contributed by atoms with van der Waals surface area (Å²) in [5.41, 5.74) is 4.73. The zero-order chi connectivity index (χ0) is 22.4. The van der Waals surface area contributed by atoms with Crippen LogP contribution in [0, 0.1) is 20.8 Å². The van der Waals surface area contributed by atoms with Crippen molar-refractivity contribution in [1.82, 2.24) is 0 Å². The van der Waals surface area contributed by atoms with Crippen molar-refractivity contribution in [3.05, 3.63) is 82.9 Å². The zero-order valence-corrected chi connectivity index (χ0v) is 17.5. The van der Waals surface area contributed by atoms with Crippen molar-refractivity contribution < 1.29 is 19.4 Å². The highest BCUT2D eigenvalue weighted by molar-refractivity contribution is 5.98. The van der Waals surface area contributed by atoms with Gasteiger partial charge in [0.2, 0.25) is 0 Å². The number of hydrogen-bond donors (Lipinski definition) is 2. The fourth-order valence-electron chi connectivity index (χ4n) is 3.13. The van der Waals surface area contributed by atoms with Crippen LogP contribution in [0.3, 0.4) is 0 Å². The lowest BCUT2D eigenvalue weighted by molar-refractivity contribution is -0.119. The van der Waals surface area contributed by atoms with E-state index >= 15 is 0 Å². The van der Waals surface area contributed by atoms with Gasteiger partial charge in [-0.25, -0.2) is 4.79 Å². The van der Waals surface area contributed by atoms with E-state index in [1.54, 1.807) is 36.4 Å². The number of aryl methyl sites for hydroxylation is 3. The minimum absolute atomic E-state index is 0.122. The minimum Gasteiger partial charge on any atom is -0.508 e. The fourth-order valence-corrected chi connectivity index (χ4v) is 3.13. The summed E-state index contributed by atoms with van der Waals surface area (Å²) in [5, 5.41) is 20.3. The Morgan fingerprint density at radius 1 is 0.935 bits per heavy atom. The predicted octanol–water partition coefficient (Wildman–Crippen LogP) is 5.53. The van der Waals surface area contributed by atoms with E-state index < -0.39 is 18.5 Å². The fraction of sp³-hybridized carbons (Fsp3) is 0.167. The van der Waals surface area contributed by atoms with Crippen molar-refractivity contribution in [2.24, 2.45) is 10.2 Å². The molecule has 0 saturated carbocycles. The van der Waals surface area contributed by atoms with Gasteiger partial charge >= 0.3 is 5.97 Å². The number of ether oxygens (including phenoxy) is 1. The molecular formula is C24H23N3O4. The van der Waals surface area contributed by atoms with Gasteiger partial charge in [-0.1, -0.05) is 29.8 Å². The first-order valence-electron chi connectivity index (χ1n) is 9.68. The summed E-state index contributed by atoms with van der Waals surface area (Å²) in [4.78, 5) is 24.8. The molecule has 0 aliphatic rings. The summed E-state index contributed by atoms with van der Waals surface area (Å²) < 4.78 is 5.19. The normalized spacial score (nSPS) is 10.8. The number of phenols is 1. The quantitative estimate of drug-likeness (QED) is 0.407. The molecule has 1 amide bonds. The second kappa shape index (κ2) is 9.67. The summed E-state index contributed by atoms with van der Waals surface area (Å²) in [5.74, 6) is -0.975. The van der Waals surface area contributed by atoms with Crippen LogP contribution in [0.4, 0.5) is 17.1 Å². The van der Waals surface area contributed by atoms with Gasteiger partial charge in [0.25, 0.3) is 5.91 Å². The molecule has 3 aromatic carbocycles. The zero-order valence-electron chi connectivity index (χ0n) is 17.5. The van der Waals surface area contributed by atoms with Gasteiger partial charge in [0.05, 0.1) is 11.3 Å². The predicted molar refractivity (Wildman–Crippen MR) is 118 cm³/mol. The molecule has 0 radical (unpaired) electrons. The van der Waals surface area contributed by atoms with Crippen LogP contribution in [0.2, 0.25) is 0 Å². The van der Waals surface area contributed by atoms with Crippen LogP contribution in [0.5, 0.6) is 5.75 Å². The monoisotopic (exact) mass is 417 g/mol. The number of carbonyl (C=O) groups is 2. The molecule has 7 nitrogen and oxygen atoms in total. The molecule has 3 rings (SSSR count). The average Bonchev–Trinajstić information content (AvgIpc) is 2.74. The van der Waals surface area contributed by atoms with Crippen LogP contribution in [-0.2, 0) is 9.53 Å². The molecule has 0 spiro atoms. The first kappa shape index (κ1) is 21.7. The molecule has 7 heteroatoms. The minimum atomic E-state index is -0.673. The van der Waals surface area contributed by atoms with Gasteiger partial charge in [-0.15, -0.1) is 5.11 Å². The van der Waals surface area contributed by atoms with Crippen molar-refractivity contribution in [2.75, 3.05) is 11.9 Å². The number of esters is 1. The Balaban J connectivity index is 1.66. The number of nitrogens with one attached hydrogen (secondary N) is 1. The van der Waals surface area contributed by atoms with Crippen LogP contribution in [0.1, 0.15) is 27.0 Å². The second-order valence-electron chi connectivity index (χ2n) is 7.13. The van der Waals surface area contributed by atoms with Crippen LogP contribution in [0.15, 0.2) is 70.9 Å². The number of azo groups is 1. The van der Waals surface area contributed by atoms with Crippen molar-refractivity contribution in [3.63, 3.8) is 0 Å². The van der Waals surface area contributed by atoms with E-state index in [4.69, 9.17) is 4.74 Å². The lowest BCUT2D eigenvalue weighted by atomic mass is 10.1. The Morgan fingerprint density at radius 3 is 2.26 bits per heavy atom. The third-order valence-electron chi connectivity index (χ3n) is 4.52. The van der Waals surface area contributed by atoms with Crippen molar-refractivity contribution >= 4 is 28.9 Å². The maximum absolute atomic E-state index is 12.5. The molecule has 0 unspecified atom stereocenters. The van der Waals surface area contributed by atoms with E-state index in [0.717, 1.165) is 22.4 Å². The van der Waals surface area contributed by atoms with Crippen molar-refractivity contribution in [3.8, 4) is 5.75 Å². The number of rotatable bonds is 6. The molecule has 0 heterocycles. The Bertz CT molecular complexity index is 1110. The summed E-state index contributed by atoms with van der Waals surface area (Å²) >= 11 is 0. The number of anilines is 1. The van der Waals surface area contributed by atoms with Crippen molar-refractivity contribution in [2.45, 2.75) is 20.8 Å². The van der Waals surface area contributed by atoms with Crippen LogP contribution in [-0.4, -0.2) is 23.6 Å². The first-order chi connectivity index (χ1) is 14.8. The van der Waals surface area contributed by atoms with Gasteiger partial charge in [0.1, 0.15) is 11.4 Å². The van der Waals surface area contributed by atoms with Crippen LogP contribution < -0.4 is 5.32 Å². The molecular weight excluding hydrogens is 394 g/mol. The highest BCUT2D eigenvalue weighted by Crippen LogP contribution is 2.25. The number of nitrogens with zero attached hydrogens (tertiary/aromatic N) is 2. The highest BCUT2D eigenvalue weighted by Gasteiger charge is 2.15. The standard InChI is InChI=1S/C24H23N3O4/c1-15-12-16(2)23(17(3)13-15)25-22(29)14-31-24(30)20-6-4-5-7-21(20)27-26-18-8-10-19(28)11-9-18/h4-13,28H,14H2,1-3H3,(H,25,29). The number of carbonyl (C=O) groups excluding carboxylic acids is 2. The topological polar surface area (TPSA) is 100 Å². The van der Waals surface area contributed by atoms with E-state index in [2.05, 4.69) is 15.5 Å². The number of aromatic hydroxyl groups is 1. The van der Waals surface area contributed by atoms with Gasteiger partial charge in [-0.2, -0.15) is 5.11 Å². The SMILES string of the molecule is Cc1cc(C)c(NC(=O)COC(=O)c2ccccc2N=Nc2ccc(O)cc2)c(C)c1. The average molecular weight is 417 g/mol. The molecule has 0 saturated heterocycles. The maximum Gasteiger partial charge on any atom is 0.340 e. The lowest BCUT2D eigenvalue weighted by Gasteiger charge is -2.13. The van der Waals surface area contributed by atoms with Gasteiger partial charge in [0, 0.05) is 5.69 Å². The molecule has 0 aliphatic heterocycles. The van der Waals surface area contributed by atoms with Gasteiger partial charge in [-0.3, -0.25) is 4.79 Å². The van der Waals surface area contributed by atoms with E-state index in [1.807, 2.05) is 32.9 Å². The Hall–Kier alpha value is -4.00. The molecule has 0 aliphatic carbocycles. The Morgan fingerprint density at radius 2 is 1.58 bits per heavy atom. The number of hydrogen-bond acceptors (Lipinski definition) is 6. The maximum atomic E-state index is 12.5. The molecule has 0 fully saturated rings. The number of amides is 1. The number of benzene rings is 3. The highest BCUT2D eigenvalue weighted by atomic mass is 16.5. The molecule has 0 atom stereocenters. The Kier molecular flexibility index (Phi) is 6.77. The molecule has 3 aromatic rings.